The highest BCUT2D eigenvalue weighted by Crippen LogP contribution is 2.31. The van der Waals surface area contributed by atoms with Crippen molar-refractivity contribution in [2.75, 3.05) is 7.11 Å². The first-order chi connectivity index (χ1) is 10.9. The molecule has 0 fully saturated rings. The van der Waals surface area contributed by atoms with Gasteiger partial charge in [-0.2, -0.15) is 0 Å². The van der Waals surface area contributed by atoms with Crippen LogP contribution in [0.3, 0.4) is 0 Å². The van der Waals surface area contributed by atoms with Crippen LogP contribution in [0.25, 0.3) is 21.8 Å². The van der Waals surface area contributed by atoms with Crippen molar-refractivity contribution < 1.29 is 24.4 Å². The Hall–Kier alpha value is -3.56. The van der Waals surface area contributed by atoms with Crippen molar-refractivity contribution in [1.82, 2.24) is 15.2 Å². The van der Waals surface area contributed by atoms with Crippen LogP contribution < -0.4 is 0 Å². The summed E-state index contributed by atoms with van der Waals surface area (Å²) in [7, 11) is 1.15. The fraction of sp³-hybridized carbons (Fsp3) is 0.0769. The Morgan fingerprint density at radius 2 is 2.00 bits per heavy atom. The number of fused-ring (bicyclic) bond motifs is 3. The number of nitrogens with one attached hydrogen (secondary N) is 1. The Kier molecular flexibility index (Phi) is 3.14. The Labute approximate surface area is 126 Å². The van der Waals surface area contributed by atoms with Gasteiger partial charge in [-0.1, -0.05) is 0 Å². The predicted octanol–water partition coefficient (Wildman–Crippen LogP) is 1.50. The number of hydrogen-bond donors (Lipinski definition) is 2. The average molecular weight is 316 g/mol. The van der Waals surface area contributed by atoms with Gasteiger partial charge in [0.1, 0.15) is 0 Å². The number of H-pyrrole nitrogens is 1. The second-order valence-electron chi connectivity index (χ2n) is 4.56. The number of non-ortho nitro benzene ring substituents is 1. The standard InChI is InChI=1S/C13H8N4O6/c1-23-13(20)11-9-8(10(12(18)19)15-16-11)6-4-5(17(21)22)2-3-7(6)14-9/h2-4,14H,1H3,(H,18,19). The number of carbonyl (C=O) groups is 2. The number of aromatic nitrogens is 3. The number of nitro groups is 1. The van der Waals surface area contributed by atoms with Crippen molar-refractivity contribution in [2.24, 2.45) is 0 Å². The summed E-state index contributed by atoms with van der Waals surface area (Å²) >= 11 is 0. The molecule has 2 N–H and O–H groups in total. The molecule has 0 saturated heterocycles. The van der Waals surface area contributed by atoms with Crippen LogP contribution in [-0.2, 0) is 4.74 Å². The molecule has 0 atom stereocenters. The number of nitrogens with zero attached hydrogens (tertiary/aromatic N) is 3. The van der Waals surface area contributed by atoms with Gasteiger partial charge >= 0.3 is 11.9 Å². The number of ether oxygens (including phenoxy) is 1. The van der Waals surface area contributed by atoms with Gasteiger partial charge in [-0.05, 0) is 6.07 Å². The molecule has 0 unspecified atom stereocenters. The Morgan fingerprint density at radius 1 is 1.30 bits per heavy atom. The molecule has 0 amide bonds. The highest BCUT2D eigenvalue weighted by Gasteiger charge is 2.24. The number of aromatic amines is 1. The highest BCUT2D eigenvalue weighted by atomic mass is 16.6. The van der Waals surface area contributed by atoms with Crippen LogP contribution in [-0.4, -0.2) is 44.3 Å². The van der Waals surface area contributed by atoms with E-state index in [9.17, 15) is 24.8 Å². The summed E-state index contributed by atoms with van der Waals surface area (Å²) in [5.74, 6) is -2.17. The lowest BCUT2D eigenvalue weighted by atomic mass is 10.1. The fourth-order valence-electron chi connectivity index (χ4n) is 2.31. The minimum Gasteiger partial charge on any atom is -0.476 e. The number of carboxylic acid groups (broad SMARTS) is 1. The molecule has 10 heteroatoms. The van der Waals surface area contributed by atoms with Crippen LogP contribution in [0, 0.1) is 10.1 Å². The molecule has 2 aromatic heterocycles. The Balaban J connectivity index is 2.49. The van der Waals surface area contributed by atoms with E-state index < -0.39 is 22.6 Å². The molecule has 1 aromatic carbocycles. The molecule has 23 heavy (non-hydrogen) atoms. The molecule has 0 bridgehead atoms. The van der Waals surface area contributed by atoms with Crippen LogP contribution in [0.4, 0.5) is 5.69 Å². The van der Waals surface area contributed by atoms with E-state index in [-0.39, 0.29) is 27.7 Å². The first-order valence-corrected chi connectivity index (χ1v) is 6.22. The number of rotatable bonds is 3. The number of nitro benzene ring substituents is 1. The monoisotopic (exact) mass is 316 g/mol. The molecule has 3 rings (SSSR count). The van der Waals surface area contributed by atoms with Gasteiger partial charge in [-0.15, -0.1) is 10.2 Å². The van der Waals surface area contributed by atoms with Crippen LogP contribution in [0.5, 0.6) is 0 Å². The number of benzene rings is 1. The summed E-state index contributed by atoms with van der Waals surface area (Å²) in [4.78, 5) is 36.3. The number of methoxy groups -OCH3 is 1. The Morgan fingerprint density at radius 3 is 2.61 bits per heavy atom. The molecule has 0 aliphatic rings. The highest BCUT2D eigenvalue weighted by molar-refractivity contribution is 6.19. The van der Waals surface area contributed by atoms with E-state index in [4.69, 9.17) is 0 Å². The SMILES string of the molecule is COC(=O)c1nnc(C(=O)O)c2c1[nH]c1ccc([N+](=O)[O-])cc12. The minimum absolute atomic E-state index is 0.0617. The van der Waals surface area contributed by atoms with E-state index in [0.29, 0.717) is 5.52 Å². The molecule has 0 aliphatic heterocycles. The zero-order valence-corrected chi connectivity index (χ0v) is 11.6. The van der Waals surface area contributed by atoms with E-state index in [1.54, 1.807) is 0 Å². The van der Waals surface area contributed by atoms with Crippen molar-refractivity contribution in [3.63, 3.8) is 0 Å². The predicted molar refractivity (Wildman–Crippen MR) is 76.3 cm³/mol. The molecule has 3 aromatic rings. The van der Waals surface area contributed by atoms with Crippen LogP contribution in [0.15, 0.2) is 18.2 Å². The quantitative estimate of drug-likeness (QED) is 0.419. The Bertz CT molecular complexity index is 993. The van der Waals surface area contributed by atoms with Gasteiger partial charge in [0.15, 0.2) is 11.4 Å². The van der Waals surface area contributed by atoms with Crippen molar-refractivity contribution in [2.45, 2.75) is 0 Å². The van der Waals surface area contributed by atoms with Gasteiger partial charge in [0.05, 0.1) is 17.5 Å². The molecule has 10 nitrogen and oxygen atoms in total. The van der Waals surface area contributed by atoms with Gasteiger partial charge < -0.3 is 14.8 Å². The first kappa shape index (κ1) is 14.4. The second kappa shape index (κ2) is 5.02. The summed E-state index contributed by atoms with van der Waals surface area (Å²) in [5.41, 5.74) is -0.329. The van der Waals surface area contributed by atoms with Gasteiger partial charge in [0.25, 0.3) is 5.69 Å². The van der Waals surface area contributed by atoms with Crippen LogP contribution in [0.1, 0.15) is 21.0 Å². The first-order valence-electron chi connectivity index (χ1n) is 6.22. The summed E-state index contributed by atoms with van der Waals surface area (Å²) in [6.45, 7) is 0. The molecule has 2 heterocycles. The normalized spacial score (nSPS) is 10.8. The summed E-state index contributed by atoms with van der Waals surface area (Å²) in [5, 5.41) is 27.6. The number of carboxylic acids is 1. The van der Waals surface area contributed by atoms with Gasteiger partial charge in [0, 0.05) is 28.4 Å². The summed E-state index contributed by atoms with van der Waals surface area (Å²) in [6, 6.07) is 3.89. The largest absolute Gasteiger partial charge is 0.476 e. The van der Waals surface area contributed by atoms with Gasteiger partial charge in [-0.3, -0.25) is 10.1 Å². The number of carbonyl (C=O) groups excluding carboxylic acids is 1. The third kappa shape index (κ3) is 2.12. The topological polar surface area (TPSA) is 148 Å². The third-order valence-corrected chi connectivity index (χ3v) is 3.30. The van der Waals surface area contributed by atoms with Crippen molar-refractivity contribution in [3.8, 4) is 0 Å². The lowest BCUT2D eigenvalue weighted by Crippen LogP contribution is -2.11. The van der Waals surface area contributed by atoms with E-state index in [2.05, 4.69) is 19.9 Å². The molecule has 116 valence electrons. The third-order valence-electron chi connectivity index (χ3n) is 3.30. The van der Waals surface area contributed by atoms with E-state index in [1.165, 1.54) is 18.2 Å². The molecule has 0 aliphatic carbocycles. The van der Waals surface area contributed by atoms with E-state index in [1.807, 2.05) is 0 Å². The van der Waals surface area contributed by atoms with Crippen molar-refractivity contribution >= 4 is 39.4 Å². The maximum atomic E-state index is 11.8. The minimum atomic E-state index is -1.37. The maximum Gasteiger partial charge on any atom is 0.360 e. The molecular formula is C13H8N4O6. The smallest absolute Gasteiger partial charge is 0.360 e. The molecular weight excluding hydrogens is 308 g/mol. The maximum absolute atomic E-state index is 11.8. The number of hydrogen-bond acceptors (Lipinski definition) is 7. The fourth-order valence-corrected chi connectivity index (χ4v) is 2.31. The van der Waals surface area contributed by atoms with E-state index in [0.717, 1.165) is 7.11 Å². The zero-order chi connectivity index (χ0) is 16.7. The van der Waals surface area contributed by atoms with Crippen LogP contribution in [0.2, 0.25) is 0 Å². The average Bonchev–Trinajstić information content (AvgIpc) is 2.91. The molecule has 0 saturated carbocycles. The summed E-state index contributed by atoms with van der Waals surface area (Å²) < 4.78 is 4.59. The molecule has 0 radical (unpaired) electrons. The van der Waals surface area contributed by atoms with E-state index >= 15 is 0 Å². The van der Waals surface area contributed by atoms with Crippen LogP contribution >= 0.6 is 0 Å². The zero-order valence-electron chi connectivity index (χ0n) is 11.6. The number of esters is 1. The second-order valence-corrected chi connectivity index (χ2v) is 4.56. The number of aromatic carboxylic acids is 1. The van der Waals surface area contributed by atoms with Gasteiger partial charge in [-0.25, -0.2) is 9.59 Å². The molecule has 0 spiro atoms. The summed E-state index contributed by atoms with van der Waals surface area (Å²) in [6.07, 6.45) is 0. The lowest BCUT2D eigenvalue weighted by Gasteiger charge is -2.01. The van der Waals surface area contributed by atoms with Gasteiger partial charge in [0.2, 0.25) is 0 Å². The lowest BCUT2D eigenvalue weighted by molar-refractivity contribution is -0.384. The van der Waals surface area contributed by atoms with Crippen molar-refractivity contribution in [3.05, 3.63) is 39.7 Å². The van der Waals surface area contributed by atoms with Crippen molar-refractivity contribution in [1.29, 1.82) is 0 Å².